The van der Waals surface area contributed by atoms with E-state index in [0.29, 0.717) is 34.8 Å². The summed E-state index contributed by atoms with van der Waals surface area (Å²) in [6.45, 7) is 8.43. The maximum atomic E-state index is 13.1. The van der Waals surface area contributed by atoms with Gasteiger partial charge in [-0.3, -0.25) is 4.90 Å². The zero-order chi connectivity index (χ0) is 25.5. The number of anilines is 2. The summed E-state index contributed by atoms with van der Waals surface area (Å²) in [7, 11) is 0. The first kappa shape index (κ1) is 26.3. The van der Waals surface area contributed by atoms with E-state index in [4.69, 9.17) is 4.74 Å². The topological polar surface area (TPSA) is 99.8 Å². The van der Waals surface area contributed by atoms with E-state index in [1.54, 1.807) is 48.2 Å². The van der Waals surface area contributed by atoms with Crippen LogP contribution in [0, 0.1) is 5.92 Å². The molecule has 2 aromatic rings. The molecule has 3 rings (SSSR count). The number of halogens is 1. The largest absolute Gasteiger partial charge is 0.462 e. The molecule has 3 N–H and O–H groups in total. The van der Waals surface area contributed by atoms with Crippen molar-refractivity contribution in [1.82, 2.24) is 10.2 Å². The van der Waals surface area contributed by atoms with Gasteiger partial charge in [-0.25, -0.2) is 14.4 Å². The molecule has 1 unspecified atom stereocenters. The van der Waals surface area contributed by atoms with Crippen molar-refractivity contribution < 1.29 is 19.1 Å². The number of allylic oxidation sites excluding steroid dienone is 1. The van der Waals surface area contributed by atoms with Crippen molar-refractivity contribution in [3.63, 3.8) is 0 Å². The van der Waals surface area contributed by atoms with Crippen molar-refractivity contribution in [2.75, 3.05) is 23.8 Å². The van der Waals surface area contributed by atoms with Gasteiger partial charge in [-0.15, -0.1) is 0 Å². The summed E-state index contributed by atoms with van der Waals surface area (Å²) in [6.07, 6.45) is 0.747. The highest BCUT2D eigenvalue weighted by molar-refractivity contribution is 9.10. The number of amides is 4. The monoisotopic (exact) mass is 542 g/mol. The fraction of sp³-hybridized carbons (Fsp3) is 0.346. The first-order valence-corrected chi connectivity index (χ1v) is 12.4. The number of rotatable bonds is 8. The molecular formula is C26H31BrN4O4. The minimum absolute atomic E-state index is 0.181. The standard InChI is InChI=1S/C26H31BrN4O4/c1-5-13-31-17(4)22(24(32)35-15-16(2)3)23(30-26(31)34)18-7-6-8-21(14-18)29-25(33)28-20-11-9-19(27)10-12-20/h6-12,14,16,23H,5,13,15H2,1-4H3,(H,30,34)(H2,28,29,33). The number of carbonyl (C=O) groups is 3. The highest BCUT2D eigenvalue weighted by Gasteiger charge is 2.36. The number of nitrogens with one attached hydrogen (secondary N) is 3. The molecule has 0 bridgehead atoms. The van der Waals surface area contributed by atoms with Crippen LogP contribution in [0.25, 0.3) is 0 Å². The molecule has 8 nitrogen and oxygen atoms in total. The number of benzene rings is 2. The van der Waals surface area contributed by atoms with Gasteiger partial charge in [0.05, 0.1) is 18.2 Å². The number of nitrogens with zero attached hydrogens (tertiary/aromatic N) is 1. The van der Waals surface area contributed by atoms with Crippen LogP contribution in [0.5, 0.6) is 0 Å². The Labute approximate surface area is 214 Å². The lowest BCUT2D eigenvalue weighted by atomic mass is 9.94. The van der Waals surface area contributed by atoms with Gasteiger partial charge in [0.15, 0.2) is 0 Å². The van der Waals surface area contributed by atoms with Crippen LogP contribution >= 0.6 is 15.9 Å². The van der Waals surface area contributed by atoms with Crippen molar-refractivity contribution in [3.8, 4) is 0 Å². The fourth-order valence-corrected chi connectivity index (χ4v) is 4.00. The minimum Gasteiger partial charge on any atom is -0.462 e. The molecule has 1 aliphatic heterocycles. The molecule has 0 aliphatic carbocycles. The van der Waals surface area contributed by atoms with Crippen LogP contribution in [-0.4, -0.2) is 36.1 Å². The molecule has 0 saturated heterocycles. The second kappa shape index (κ2) is 11.9. The van der Waals surface area contributed by atoms with Gasteiger partial charge >= 0.3 is 18.0 Å². The van der Waals surface area contributed by atoms with Crippen molar-refractivity contribution in [2.24, 2.45) is 5.92 Å². The van der Waals surface area contributed by atoms with Crippen LogP contribution in [0.15, 0.2) is 64.3 Å². The van der Waals surface area contributed by atoms with Crippen molar-refractivity contribution in [2.45, 2.75) is 40.2 Å². The molecule has 0 fully saturated rings. The number of carbonyl (C=O) groups excluding carboxylic acids is 3. The number of urea groups is 2. The highest BCUT2D eigenvalue weighted by Crippen LogP contribution is 2.32. The average Bonchev–Trinajstić information content (AvgIpc) is 2.81. The van der Waals surface area contributed by atoms with E-state index in [0.717, 1.165) is 10.9 Å². The van der Waals surface area contributed by atoms with Crippen molar-refractivity contribution >= 4 is 45.3 Å². The Morgan fingerprint density at radius 2 is 1.80 bits per heavy atom. The molecule has 1 atom stereocenters. The van der Waals surface area contributed by atoms with Gasteiger partial charge in [0, 0.05) is 28.1 Å². The van der Waals surface area contributed by atoms with Gasteiger partial charge in [0.2, 0.25) is 0 Å². The number of hydrogen-bond donors (Lipinski definition) is 3. The Kier molecular flexibility index (Phi) is 8.92. The third kappa shape index (κ3) is 6.85. The second-order valence-corrected chi connectivity index (χ2v) is 9.65. The average molecular weight is 543 g/mol. The highest BCUT2D eigenvalue weighted by atomic mass is 79.9. The van der Waals surface area contributed by atoms with Gasteiger partial charge in [-0.2, -0.15) is 0 Å². The maximum absolute atomic E-state index is 13.1. The summed E-state index contributed by atoms with van der Waals surface area (Å²) >= 11 is 3.37. The van der Waals surface area contributed by atoms with Gasteiger partial charge in [-0.05, 0) is 61.2 Å². The number of hydrogen-bond acceptors (Lipinski definition) is 4. The van der Waals surface area contributed by atoms with Crippen LogP contribution < -0.4 is 16.0 Å². The zero-order valence-corrected chi connectivity index (χ0v) is 21.9. The van der Waals surface area contributed by atoms with Gasteiger partial charge in [-0.1, -0.05) is 48.8 Å². The molecule has 1 aliphatic rings. The molecule has 9 heteroatoms. The first-order chi connectivity index (χ1) is 16.7. The van der Waals surface area contributed by atoms with Crippen LogP contribution in [0.2, 0.25) is 0 Å². The van der Waals surface area contributed by atoms with Crippen LogP contribution in [-0.2, 0) is 9.53 Å². The summed E-state index contributed by atoms with van der Waals surface area (Å²) < 4.78 is 6.45. The van der Waals surface area contributed by atoms with E-state index < -0.39 is 18.0 Å². The second-order valence-electron chi connectivity index (χ2n) is 8.74. The predicted molar refractivity (Wildman–Crippen MR) is 140 cm³/mol. The van der Waals surface area contributed by atoms with Crippen LogP contribution in [0.3, 0.4) is 0 Å². The fourth-order valence-electron chi connectivity index (χ4n) is 3.73. The van der Waals surface area contributed by atoms with E-state index >= 15 is 0 Å². The molecule has 1 heterocycles. The summed E-state index contributed by atoms with van der Waals surface area (Å²) in [5, 5.41) is 8.51. The Bertz CT molecular complexity index is 1110. The normalized spacial score (nSPS) is 15.7. The number of esters is 1. The van der Waals surface area contributed by atoms with Crippen LogP contribution in [0.4, 0.5) is 21.0 Å². The Hall–Kier alpha value is -3.33. The van der Waals surface area contributed by atoms with E-state index in [-0.39, 0.29) is 18.6 Å². The summed E-state index contributed by atoms with van der Waals surface area (Å²) in [5.41, 5.74) is 2.78. The lowest BCUT2D eigenvalue weighted by Gasteiger charge is -2.35. The van der Waals surface area contributed by atoms with E-state index in [2.05, 4.69) is 31.9 Å². The molecule has 35 heavy (non-hydrogen) atoms. The van der Waals surface area contributed by atoms with Crippen LogP contribution in [0.1, 0.15) is 45.7 Å². The third-order valence-electron chi connectivity index (χ3n) is 5.39. The Balaban J connectivity index is 1.86. The quantitative estimate of drug-likeness (QED) is 0.354. The molecular weight excluding hydrogens is 512 g/mol. The van der Waals surface area contributed by atoms with E-state index in [9.17, 15) is 14.4 Å². The lowest BCUT2D eigenvalue weighted by molar-refractivity contribution is -0.140. The predicted octanol–water partition coefficient (Wildman–Crippen LogP) is 6.04. The Morgan fingerprint density at radius 3 is 2.46 bits per heavy atom. The Morgan fingerprint density at radius 1 is 1.11 bits per heavy atom. The molecule has 4 amide bonds. The van der Waals surface area contributed by atoms with Gasteiger partial charge < -0.3 is 20.7 Å². The molecule has 0 aromatic heterocycles. The molecule has 0 saturated carbocycles. The first-order valence-electron chi connectivity index (χ1n) is 11.6. The lowest BCUT2D eigenvalue weighted by Crippen LogP contribution is -2.48. The van der Waals surface area contributed by atoms with E-state index in [1.807, 2.05) is 32.9 Å². The minimum atomic E-state index is -0.702. The summed E-state index contributed by atoms with van der Waals surface area (Å²) in [5.74, 6) is -0.284. The van der Waals surface area contributed by atoms with Crippen molar-refractivity contribution in [1.29, 1.82) is 0 Å². The molecule has 2 aromatic carbocycles. The van der Waals surface area contributed by atoms with E-state index in [1.165, 1.54) is 0 Å². The molecule has 186 valence electrons. The van der Waals surface area contributed by atoms with Crippen molar-refractivity contribution in [3.05, 3.63) is 69.8 Å². The molecule has 0 spiro atoms. The maximum Gasteiger partial charge on any atom is 0.338 e. The number of ether oxygens (including phenoxy) is 1. The third-order valence-corrected chi connectivity index (χ3v) is 5.92. The SMILES string of the molecule is CCCN1C(=O)NC(c2cccc(NC(=O)Nc3ccc(Br)cc3)c2)C(C(=O)OCC(C)C)=C1C. The smallest absolute Gasteiger partial charge is 0.338 e. The zero-order valence-electron chi connectivity index (χ0n) is 20.4. The summed E-state index contributed by atoms with van der Waals surface area (Å²) in [6, 6.07) is 12.9. The molecule has 0 radical (unpaired) electrons. The van der Waals surface area contributed by atoms with Gasteiger partial charge in [0.1, 0.15) is 0 Å². The summed E-state index contributed by atoms with van der Waals surface area (Å²) in [4.78, 5) is 40.0. The van der Waals surface area contributed by atoms with Gasteiger partial charge in [0.25, 0.3) is 0 Å².